The number of amides is 1. The number of carbonyl (C=O) groups excluding carboxylic acids is 1. The van der Waals surface area contributed by atoms with Crippen molar-refractivity contribution in [3.63, 3.8) is 0 Å². The molecule has 114 valence electrons. The molecule has 6 heteroatoms. The fraction of sp³-hybridized carbons (Fsp3) is 0.467. The normalized spacial score (nSPS) is 12.5. The van der Waals surface area contributed by atoms with Gasteiger partial charge in [-0.05, 0) is 31.5 Å². The van der Waals surface area contributed by atoms with E-state index >= 15 is 0 Å². The predicted octanol–water partition coefficient (Wildman–Crippen LogP) is 1.42. The summed E-state index contributed by atoms with van der Waals surface area (Å²) in [5.74, 6) is 0.553. The number of benzene rings is 1. The maximum absolute atomic E-state index is 11.9. The summed E-state index contributed by atoms with van der Waals surface area (Å²) in [6, 6.07) is 5.60. The van der Waals surface area contributed by atoms with Crippen LogP contribution in [0.15, 0.2) is 18.2 Å². The minimum absolute atomic E-state index is 0.00512. The molecular weight excluding hydrogens is 268 g/mol. The third kappa shape index (κ3) is 3.52. The van der Waals surface area contributed by atoms with E-state index in [0.717, 1.165) is 17.5 Å². The number of aromatic nitrogens is 2. The minimum atomic E-state index is -0.165. The number of nitrogens with one attached hydrogen (secondary N) is 1. The van der Waals surface area contributed by atoms with Crippen LogP contribution in [0.1, 0.15) is 32.5 Å². The Hall–Kier alpha value is -2.08. The molecule has 21 heavy (non-hydrogen) atoms. The van der Waals surface area contributed by atoms with Gasteiger partial charge in [0.15, 0.2) is 0 Å². The second kappa shape index (κ2) is 6.58. The van der Waals surface area contributed by atoms with Gasteiger partial charge in [-0.25, -0.2) is 4.98 Å². The summed E-state index contributed by atoms with van der Waals surface area (Å²) in [5.41, 5.74) is 7.99. The first-order valence-electron chi connectivity index (χ1n) is 7.20. The molecule has 1 unspecified atom stereocenters. The smallest absolute Gasteiger partial charge is 0.221 e. The maximum Gasteiger partial charge on any atom is 0.221 e. The Labute approximate surface area is 124 Å². The lowest BCUT2D eigenvalue weighted by Gasteiger charge is -2.12. The summed E-state index contributed by atoms with van der Waals surface area (Å²) < 4.78 is 1.87. The number of fused-ring (bicyclic) bond motifs is 1. The molecule has 1 heterocycles. The van der Waals surface area contributed by atoms with Gasteiger partial charge in [0.05, 0.1) is 11.0 Å². The Kier molecular flexibility index (Phi) is 4.80. The minimum Gasteiger partial charge on any atom is -0.399 e. The lowest BCUT2D eigenvalue weighted by Crippen LogP contribution is -2.32. The zero-order valence-corrected chi connectivity index (χ0v) is 12.5. The van der Waals surface area contributed by atoms with Crippen molar-refractivity contribution in [1.82, 2.24) is 14.9 Å². The van der Waals surface area contributed by atoms with Gasteiger partial charge < -0.3 is 20.7 Å². The van der Waals surface area contributed by atoms with Gasteiger partial charge in [0.2, 0.25) is 5.91 Å². The fourth-order valence-electron chi connectivity index (χ4n) is 2.23. The van der Waals surface area contributed by atoms with Crippen molar-refractivity contribution in [2.24, 2.45) is 0 Å². The number of aliphatic hydroxyl groups is 1. The highest BCUT2D eigenvalue weighted by Gasteiger charge is 2.12. The van der Waals surface area contributed by atoms with Crippen LogP contribution >= 0.6 is 0 Å². The van der Waals surface area contributed by atoms with Crippen LogP contribution in [0.5, 0.6) is 0 Å². The largest absolute Gasteiger partial charge is 0.399 e. The van der Waals surface area contributed by atoms with Crippen LogP contribution in [0.25, 0.3) is 11.0 Å². The number of carbonyl (C=O) groups is 1. The number of nitrogens with two attached hydrogens (primary N) is 1. The van der Waals surface area contributed by atoms with Crippen LogP contribution < -0.4 is 11.1 Å². The van der Waals surface area contributed by atoms with Crippen molar-refractivity contribution >= 4 is 22.6 Å². The number of aliphatic hydroxyl groups excluding tert-OH is 1. The predicted molar refractivity (Wildman–Crippen MR) is 82.6 cm³/mol. The molecule has 0 aliphatic heterocycles. The Morgan fingerprint density at radius 2 is 2.29 bits per heavy atom. The molecule has 0 saturated heterocycles. The van der Waals surface area contributed by atoms with Gasteiger partial charge in [0, 0.05) is 24.7 Å². The number of nitrogens with zero attached hydrogens (tertiary/aromatic N) is 2. The number of rotatable bonds is 6. The van der Waals surface area contributed by atoms with E-state index in [-0.39, 0.29) is 18.6 Å². The standard InChI is InChI=1S/C15H22N4O2/c1-3-10(2)17-15(21)6-7-19-13-5-4-11(16)8-12(13)18-14(19)9-20/h4-5,8,10,20H,3,6-7,9,16H2,1-2H3,(H,17,21). The topological polar surface area (TPSA) is 93.2 Å². The van der Waals surface area contributed by atoms with E-state index in [4.69, 9.17) is 5.73 Å². The molecule has 1 aromatic carbocycles. The van der Waals surface area contributed by atoms with Crippen molar-refractivity contribution in [3.8, 4) is 0 Å². The second-order valence-electron chi connectivity index (χ2n) is 5.21. The van der Waals surface area contributed by atoms with Gasteiger partial charge in [-0.2, -0.15) is 0 Å². The van der Waals surface area contributed by atoms with E-state index in [1.807, 2.05) is 24.5 Å². The highest BCUT2D eigenvalue weighted by molar-refractivity contribution is 5.80. The Morgan fingerprint density at radius 3 is 2.95 bits per heavy atom. The fourth-order valence-corrected chi connectivity index (χ4v) is 2.23. The Bertz CT molecular complexity index is 636. The van der Waals surface area contributed by atoms with Crippen LogP contribution in [0.3, 0.4) is 0 Å². The summed E-state index contributed by atoms with van der Waals surface area (Å²) in [6.45, 7) is 4.33. The third-order valence-electron chi connectivity index (χ3n) is 3.57. The summed E-state index contributed by atoms with van der Waals surface area (Å²) in [4.78, 5) is 16.2. The molecule has 2 rings (SSSR count). The van der Waals surface area contributed by atoms with Gasteiger partial charge in [-0.1, -0.05) is 6.92 Å². The molecule has 2 aromatic rings. The zero-order chi connectivity index (χ0) is 15.4. The molecule has 4 N–H and O–H groups in total. The number of imidazole rings is 1. The number of aryl methyl sites for hydroxylation is 1. The van der Waals surface area contributed by atoms with Crippen molar-refractivity contribution in [3.05, 3.63) is 24.0 Å². The molecule has 0 aliphatic rings. The number of hydrogen-bond acceptors (Lipinski definition) is 4. The van der Waals surface area contributed by atoms with Gasteiger partial charge in [-0.15, -0.1) is 0 Å². The van der Waals surface area contributed by atoms with E-state index in [9.17, 15) is 9.90 Å². The number of nitrogen functional groups attached to an aromatic ring is 1. The van der Waals surface area contributed by atoms with Crippen LogP contribution in [0.4, 0.5) is 5.69 Å². The Morgan fingerprint density at radius 1 is 1.52 bits per heavy atom. The van der Waals surface area contributed by atoms with Crippen LogP contribution in [0.2, 0.25) is 0 Å². The maximum atomic E-state index is 11.9. The summed E-state index contributed by atoms with van der Waals surface area (Å²) in [7, 11) is 0. The molecule has 0 fully saturated rings. The molecule has 0 spiro atoms. The van der Waals surface area contributed by atoms with E-state index in [2.05, 4.69) is 10.3 Å². The molecule has 0 saturated carbocycles. The highest BCUT2D eigenvalue weighted by atomic mass is 16.3. The van der Waals surface area contributed by atoms with Gasteiger partial charge in [-0.3, -0.25) is 4.79 Å². The van der Waals surface area contributed by atoms with E-state index in [1.165, 1.54) is 0 Å². The first kappa shape index (κ1) is 15.3. The quantitative estimate of drug-likeness (QED) is 0.701. The van der Waals surface area contributed by atoms with Gasteiger partial charge >= 0.3 is 0 Å². The second-order valence-corrected chi connectivity index (χ2v) is 5.21. The van der Waals surface area contributed by atoms with Crippen molar-refractivity contribution in [2.45, 2.75) is 45.9 Å². The van der Waals surface area contributed by atoms with Crippen molar-refractivity contribution < 1.29 is 9.90 Å². The molecule has 0 aliphatic carbocycles. The molecule has 1 atom stereocenters. The molecule has 6 nitrogen and oxygen atoms in total. The van der Waals surface area contributed by atoms with Crippen molar-refractivity contribution in [2.75, 3.05) is 5.73 Å². The first-order chi connectivity index (χ1) is 10.0. The van der Waals surface area contributed by atoms with Crippen LogP contribution in [-0.4, -0.2) is 26.6 Å². The SMILES string of the molecule is CCC(C)NC(=O)CCn1c(CO)nc2cc(N)ccc21. The molecule has 0 radical (unpaired) electrons. The lowest BCUT2D eigenvalue weighted by atomic mass is 10.2. The zero-order valence-electron chi connectivity index (χ0n) is 12.5. The summed E-state index contributed by atoms with van der Waals surface area (Å²) in [6.07, 6.45) is 1.26. The number of anilines is 1. The molecular formula is C15H22N4O2. The summed E-state index contributed by atoms with van der Waals surface area (Å²) in [5, 5.41) is 12.4. The monoisotopic (exact) mass is 290 g/mol. The average molecular weight is 290 g/mol. The Balaban J connectivity index is 2.15. The van der Waals surface area contributed by atoms with Crippen molar-refractivity contribution in [1.29, 1.82) is 0 Å². The molecule has 1 amide bonds. The molecule has 1 aromatic heterocycles. The lowest BCUT2D eigenvalue weighted by molar-refractivity contribution is -0.121. The van der Waals surface area contributed by atoms with Gasteiger partial charge in [0.25, 0.3) is 0 Å². The number of hydrogen-bond donors (Lipinski definition) is 3. The van der Waals surface area contributed by atoms with E-state index in [0.29, 0.717) is 24.5 Å². The van der Waals surface area contributed by atoms with E-state index < -0.39 is 0 Å². The summed E-state index contributed by atoms with van der Waals surface area (Å²) >= 11 is 0. The highest BCUT2D eigenvalue weighted by Crippen LogP contribution is 2.19. The van der Waals surface area contributed by atoms with Crippen LogP contribution in [0, 0.1) is 0 Å². The van der Waals surface area contributed by atoms with Crippen LogP contribution in [-0.2, 0) is 17.9 Å². The first-order valence-corrected chi connectivity index (χ1v) is 7.20. The van der Waals surface area contributed by atoms with E-state index in [1.54, 1.807) is 12.1 Å². The molecule has 0 bridgehead atoms. The average Bonchev–Trinajstić information content (AvgIpc) is 2.81. The van der Waals surface area contributed by atoms with Gasteiger partial charge in [0.1, 0.15) is 12.4 Å². The third-order valence-corrected chi connectivity index (χ3v) is 3.57.